The number of benzene rings is 8. The molecule has 0 aliphatic heterocycles. The number of para-hydroxylation sites is 2. The number of fused-ring (bicyclic) bond motifs is 6. The van der Waals surface area contributed by atoms with Gasteiger partial charge in [0.2, 0.25) is 0 Å². The van der Waals surface area contributed by atoms with Crippen molar-refractivity contribution in [1.82, 2.24) is 9.13 Å². The summed E-state index contributed by atoms with van der Waals surface area (Å²) in [7, 11) is 0. The Kier molecular flexibility index (Phi) is 7.87. The van der Waals surface area contributed by atoms with E-state index in [1.807, 2.05) is 109 Å². The Morgan fingerprint density at radius 2 is 0.789 bits per heavy atom. The number of hydrogen-bond donors (Lipinski definition) is 0. The van der Waals surface area contributed by atoms with E-state index in [2.05, 4.69) is 0 Å². The Morgan fingerprint density at radius 3 is 1.26 bits per heavy atom. The first kappa shape index (κ1) is 34.4. The van der Waals surface area contributed by atoms with Crippen molar-refractivity contribution in [1.29, 1.82) is 0 Å². The lowest BCUT2D eigenvalue weighted by molar-refractivity contribution is -0.137. The van der Waals surface area contributed by atoms with E-state index in [-0.39, 0.29) is 22.5 Å². The summed E-state index contributed by atoms with van der Waals surface area (Å²) < 4.78 is 96.7. The van der Waals surface area contributed by atoms with Crippen LogP contribution in [0.4, 0.5) is 26.3 Å². The molecule has 0 radical (unpaired) electrons. The molecule has 0 fully saturated rings. The molecule has 0 amide bonds. The van der Waals surface area contributed by atoms with Gasteiger partial charge in [0.05, 0.1) is 33.4 Å². The molecule has 0 saturated carbocycles. The highest BCUT2D eigenvalue weighted by atomic mass is 19.4. The molecule has 0 atom stereocenters. The fourth-order valence-corrected chi connectivity index (χ4v) is 8.24. The molecule has 276 valence electrons. The highest BCUT2D eigenvalue weighted by Gasteiger charge is 2.40. The fraction of sp³-hybridized carbons (Fsp3) is 0.0204. The molecule has 8 heteroatoms. The van der Waals surface area contributed by atoms with E-state index in [9.17, 15) is 8.78 Å². The number of aromatic nitrogens is 2. The highest BCUT2D eigenvalue weighted by molar-refractivity contribution is 6.12. The molecule has 2 heterocycles. The predicted molar refractivity (Wildman–Crippen MR) is 216 cm³/mol. The lowest BCUT2D eigenvalue weighted by atomic mass is 9.98. The predicted octanol–water partition coefficient (Wildman–Crippen LogP) is 14.3. The molecular formula is C49H28F6N2. The van der Waals surface area contributed by atoms with Gasteiger partial charge in [0.25, 0.3) is 0 Å². The Balaban J connectivity index is 1.35. The van der Waals surface area contributed by atoms with Gasteiger partial charge in [-0.3, -0.25) is 0 Å². The molecule has 2 nitrogen and oxygen atoms in total. The number of alkyl halides is 3. The summed E-state index contributed by atoms with van der Waals surface area (Å²) in [6.07, 6.45) is -4.96. The zero-order valence-electron chi connectivity index (χ0n) is 29.8. The van der Waals surface area contributed by atoms with Gasteiger partial charge in [-0.25, -0.2) is 13.2 Å². The molecular weight excluding hydrogens is 731 g/mol. The normalized spacial score (nSPS) is 12.0. The first-order valence-electron chi connectivity index (χ1n) is 18.2. The Hall–Kier alpha value is -7.06. The lowest BCUT2D eigenvalue weighted by Gasteiger charge is -2.23. The van der Waals surface area contributed by atoms with Crippen molar-refractivity contribution in [3.63, 3.8) is 0 Å². The standard InChI is InChI=1S/C49H28F6N2/c50-39-22-21-34(47(51)48(39)52)33-27-44(56-40-17-9-7-15-35(40)37-25-31(19-23-42(37)56)29-11-3-1-4-12-29)46(49(53,54)55)45(28-33)57-41-18-10-8-16-36(41)38-26-32(20-24-43(38)57)30-13-5-2-6-14-30/h1-28H. The van der Waals surface area contributed by atoms with Gasteiger partial charge in [0.15, 0.2) is 17.5 Å². The number of rotatable bonds is 5. The van der Waals surface area contributed by atoms with Gasteiger partial charge in [-0.15, -0.1) is 0 Å². The van der Waals surface area contributed by atoms with Crippen molar-refractivity contribution in [3.8, 4) is 44.8 Å². The van der Waals surface area contributed by atoms with Gasteiger partial charge in [-0.1, -0.05) is 109 Å². The Labute approximate surface area is 322 Å². The smallest absolute Gasteiger partial charge is 0.309 e. The zero-order chi connectivity index (χ0) is 39.0. The molecule has 8 aromatic carbocycles. The van der Waals surface area contributed by atoms with Crippen LogP contribution in [0.2, 0.25) is 0 Å². The largest absolute Gasteiger partial charge is 0.420 e. The van der Waals surface area contributed by atoms with Crippen LogP contribution in [-0.2, 0) is 6.18 Å². The summed E-state index contributed by atoms with van der Waals surface area (Å²) in [6, 6.07) is 49.2. The number of halogens is 6. The molecule has 0 bridgehead atoms. The van der Waals surface area contributed by atoms with Crippen molar-refractivity contribution in [2.75, 3.05) is 0 Å². The summed E-state index contributed by atoms with van der Waals surface area (Å²) in [5.74, 6) is -4.63. The molecule has 0 aliphatic carbocycles. The molecule has 10 rings (SSSR count). The molecule has 0 N–H and O–H groups in total. The minimum atomic E-state index is -4.96. The van der Waals surface area contributed by atoms with Crippen LogP contribution in [0.15, 0.2) is 170 Å². The van der Waals surface area contributed by atoms with Crippen molar-refractivity contribution >= 4 is 43.6 Å². The van der Waals surface area contributed by atoms with E-state index < -0.39 is 29.2 Å². The zero-order valence-corrected chi connectivity index (χ0v) is 29.8. The van der Waals surface area contributed by atoms with E-state index in [4.69, 9.17) is 0 Å². The highest BCUT2D eigenvalue weighted by Crippen LogP contribution is 2.47. The van der Waals surface area contributed by atoms with Gasteiger partial charge < -0.3 is 9.13 Å². The van der Waals surface area contributed by atoms with Crippen molar-refractivity contribution in [2.45, 2.75) is 6.18 Å². The van der Waals surface area contributed by atoms with Gasteiger partial charge in [0.1, 0.15) is 5.56 Å². The third-order valence-corrected chi connectivity index (χ3v) is 10.8. The second-order valence-corrected chi connectivity index (χ2v) is 14.0. The SMILES string of the molecule is Fc1ccc(-c2cc(-n3c4ccccc4c4cc(-c5ccccc5)ccc43)c(C(F)(F)F)c(-n3c4ccccc4c4cc(-c5ccccc5)ccc43)c2)c(F)c1F. The summed E-state index contributed by atoms with van der Waals surface area (Å²) in [5, 5.41) is 2.82. The minimum absolute atomic E-state index is 0.0666. The summed E-state index contributed by atoms with van der Waals surface area (Å²) in [6.45, 7) is 0. The average Bonchev–Trinajstić information content (AvgIpc) is 3.75. The molecule has 0 unspecified atom stereocenters. The van der Waals surface area contributed by atoms with E-state index in [0.29, 0.717) is 43.6 Å². The number of nitrogens with zero attached hydrogens (tertiary/aromatic N) is 2. The first-order valence-corrected chi connectivity index (χ1v) is 18.2. The monoisotopic (exact) mass is 758 g/mol. The molecule has 10 aromatic rings. The van der Waals surface area contributed by atoms with Crippen LogP contribution >= 0.6 is 0 Å². The van der Waals surface area contributed by atoms with Crippen LogP contribution in [0.5, 0.6) is 0 Å². The van der Waals surface area contributed by atoms with Crippen LogP contribution in [0.3, 0.4) is 0 Å². The summed E-state index contributed by atoms with van der Waals surface area (Å²) in [4.78, 5) is 0. The Morgan fingerprint density at radius 1 is 0.351 bits per heavy atom. The quantitative estimate of drug-likeness (QED) is 0.122. The van der Waals surface area contributed by atoms with Crippen molar-refractivity contribution < 1.29 is 26.3 Å². The number of hydrogen-bond acceptors (Lipinski definition) is 0. The third kappa shape index (κ3) is 5.51. The maximum absolute atomic E-state index is 16.2. The molecule has 0 aliphatic rings. The minimum Gasteiger partial charge on any atom is -0.309 e. The average molecular weight is 759 g/mol. The second kappa shape index (κ2) is 13.0. The van der Waals surface area contributed by atoms with Crippen LogP contribution < -0.4 is 0 Å². The third-order valence-electron chi connectivity index (χ3n) is 10.8. The summed E-state index contributed by atoms with van der Waals surface area (Å²) in [5.41, 5.74) is 3.49. The van der Waals surface area contributed by atoms with Crippen LogP contribution in [-0.4, -0.2) is 9.13 Å². The Bertz CT molecular complexity index is 3020. The molecule has 0 spiro atoms. The summed E-state index contributed by atoms with van der Waals surface area (Å²) >= 11 is 0. The fourth-order valence-electron chi connectivity index (χ4n) is 8.24. The molecule has 0 saturated heterocycles. The maximum atomic E-state index is 16.2. The van der Waals surface area contributed by atoms with Gasteiger partial charge in [-0.05, 0) is 88.5 Å². The van der Waals surface area contributed by atoms with Crippen molar-refractivity contribution in [3.05, 3.63) is 193 Å². The van der Waals surface area contributed by atoms with Gasteiger partial charge in [-0.2, -0.15) is 13.2 Å². The van der Waals surface area contributed by atoms with Crippen LogP contribution in [0.1, 0.15) is 5.56 Å². The van der Waals surface area contributed by atoms with Gasteiger partial charge in [0, 0.05) is 27.1 Å². The topological polar surface area (TPSA) is 9.86 Å². The molecule has 2 aromatic heterocycles. The van der Waals surface area contributed by atoms with E-state index in [1.54, 1.807) is 36.4 Å². The van der Waals surface area contributed by atoms with E-state index >= 15 is 17.6 Å². The van der Waals surface area contributed by atoms with E-state index in [0.717, 1.165) is 34.4 Å². The first-order chi connectivity index (χ1) is 27.7. The maximum Gasteiger partial charge on any atom is 0.420 e. The van der Waals surface area contributed by atoms with Gasteiger partial charge >= 0.3 is 6.18 Å². The van der Waals surface area contributed by atoms with Crippen molar-refractivity contribution in [2.24, 2.45) is 0 Å². The van der Waals surface area contributed by atoms with E-state index in [1.165, 1.54) is 21.3 Å². The molecule has 57 heavy (non-hydrogen) atoms. The lowest BCUT2D eigenvalue weighted by Crippen LogP contribution is -2.16. The second-order valence-electron chi connectivity index (χ2n) is 14.0. The van der Waals surface area contributed by atoms with Crippen LogP contribution in [0, 0.1) is 17.5 Å². The van der Waals surface area contributed by atoms with Crippen LogP contribution in [0.25, 0.3) is 88.4 Å².